The van der Waals surface area contributed by atoms with E-state index >= 15 is 8.78 Å². The normalized spacial score (nSPS) is 35.2. The van der Waals surface area contributed by atoms with Crippen molar-refractivity contribution in [2.75, 3.05) is 33.2 Å². The second kappa shape index (κ2) is 9.98. The van der Waals surface area contributed by atoms with Crippen LogP contribution in [-0.2, 0) is 11.3 Å². The summed E-state index contributed by atoms with van der Waals surface area (Å²) in [7, 11) is 2.11. The number of piperazine rings is 1. The van der Waals surface area contributed by atoms with Crippen LogP contribution in [-0.4, -0.2) is 71.6 Å². The number of hydrogen-bond donors (Lipinski definition) is 1. The number of halogens is 5. The maximum absolute atomic E-state index is 15.2. The molecule has 1 N–H and O–H groups in total. The largest absolute Gasteiger partial charge is 0.456 e. The molecule has 1 aromatic carbocycles. The zero-order valence-electron chi connectivity index (χ0n) is 23.7. The van der Waals surface area contributed by atoms with Gasteiger partial charge in [0, 0.05) is 50.5 Å². The second-order valence-electron chi connectivity index (χ2n) is 13.3. The van der Waals surface area contributed by atoms with Crippen LogP contribution in [0.2, 0.25) is 0 Å². The number of rotatable bonds is 4. The summed E-state index contributed by atoms with van der Waals surface area (Å²) >= 11 is 0. The Hall–Kier alpha value is -2.10. The molecule has 2 saturated carbocycles. The Balaban J connectivity index is 1.40. The SMILES string of the molecule is CN1CCN(Cc2ccc([C@H]3C[C@@]4(C)[C@@H](CC[C@@]4(O)C(F)(F)C(F)(F)F)[C@@H]4CCC5=CC(=O)CCC5=C43)cc2)CC1. The van der Waals surface area contributed by atoms with E-state index in [1.165, 1.54) is 6.92 Å². The van der Waals surface area contributed by atoms with Crippen molar-refractivity contribution >= 4 is 5.78 Å². The van der Waals surface area contributed by atoms with Gasteiger partial charge in [-0.1, -0.05) is 36.8 Å². The Morgan fingerprint density at radius 2 is 1.66 bits per heavy atom. The van der Waals surface area contributed by atoms with Gasteiger partial charge in [0.15, 0.2) is 5.78 Å². The van der Waals surface area contributed by atoms with Crippen LogP contribution in [0, 0.1) is 17.3 Å². The van der Waals surface area contributed by atoms with Crippen molar-refractivity contribution in [3.8, 4) is 0 Å². The smallest absolute Gasteiger partial charge is 0.383 e. The molecule has 41 heavy (non-hydrogen) atoms. The average molecular weight is 579 g/mol. The van der Waals surface area contributed by atoms with Gasteiger partial charge in [-0.15, -0.1) is 0 Å². The first kappa shape index (κ1) is 29.0. The Kier molecular flexibility index (Phi) is 7.06. The minimum absolute atomic E-state index is 0.00814. The predicted octanol–water partition coefficient (Wildman–Crippen LogP) is 6.26. The van der Waals surface area contributed by atoms with Gasteiger partial charge in [0.05, 0.1) is 0 Å². The molecule has 6 rings (SSSR count). The van der Waals surface area contributed by atoms with Gasteiger partial charge >= 0.3 is 12.1 Å². The Morgan fingerprint density at radius 1 is 0.976 bits per heavy atom. The number of likely N-dealkylation sites (N-methyl/N-ethyl adjacent to an activating group) is 1. The highest BCUT2D eigenvalue weighted by molar-refractivity contribution is 5.93. The molecular formula is C32H39F5N2O2. The summed E-state index contributed by atoms with van der Waals surface area (Å²) < 4.78 is 71.6. The number of ketones is 1. The Labute approximate surface area is 238 Å². The second-order valence-corrected chi connectivity index (χ2v) is 13.3. The molecule has 0 radical (unpaired) electrons. The van der Waals surface area contributed by atoms with Crippen molar-refractivity contribution in [3.63, 3.8) is 0 Å². The lowest BCUT2D eigenvalue weighted by atomic mass is 9.50. The van der Waals surface area contributed by atoms with Gasteiger partial charge in [-0.2, -0.15) is 22.0 Å². The molecule has 1 aromatic rings. The van der Waals surface area contributed by atoms with E-state index in [-0.39, 0.29) is 24.5 Å². The molecule has 3 fully saturated rings. The summed E-state index contributed by atoms with van der Waals surface area (Å²) in [6, 6.07) is 8.06. The van der Waals surface area contributed by atoms with Crippen LogP contribution < -0.4 is 0 Å². The molecule has 0 bridgehead atoms. The standard InChI is InChI=1S/C32H39F5N2O2/c1-29-18-26(21-5-3-20(4-6-21)19-39-15-13-38(2)14-16-39)28-24-10-8-23(40)17-22(24)7-9-25(28)27(29)11-12-30(29,41)31(33,34)32(35,36)37/h3-6,17,25-27,41H,7-16,18-19H2,1-2H3/t25-,26+,27-,29-,30-/m0/s1. The first-order valence-electron chi connectivity index (χ1n) is 14.9. The number of hydrogen-bond acceptors (Lipinski definition) is 4. The first-order chi connectivity index (χ1) is 19.2. The third kappa shape index (κ3) is 4.52. The van der Waals surface area contributed by atoms with E-state index < -0.39 is 41.4 Å². The zero-order chi connectivity index (χ0) is 29.4. The highest BCUT2D eigenvalue weighted by Crippen LogP contribution is 2.70. The molecule has 1 heterocycles. The molecule has 9 heteroatoms. The third-order valence-corrected chi connectivity index (χ3v) is 11.1. The van der Waals surface area contributed by atoms with Crippen LogP contribution in [0.3, 0.4) is 0 Å². The topological polar surface area (TPSA) is 43.8 Å². The quantitative estimate of drug-likeness (QED) is 0.429. The summed E-state index contributed by atoms with van der Waals surface area (Å²) in [5.41, 5.74) is 0.369. The number of carbonyl (C=O) groups excluding carboxylic acids is 1. The lowest BCUT2D eigenvalue weighted by molar-refractivity contribution is -0.362. The van der Waals surface area contributed by atoms with Crippen molar-refractivity contribution in [3.05, 3.63) is 58.2 Å². The molecule has 0 spiro atoms. The minimum atomic E-state index is -5.84. The van der Waals surface area contributed by atoms with E-state index in [0.717, 1.165) is 60.6 Å². The highest BCUT2D eigenvalue weighted by atomic mass is 19.4. The summed E-state index contributed by atoms with van der Waals surface area (Å²) in [6.45, 7) is 6.21. The number of nitrogens with zero attached hydrogens (tertiary/aromatic N) is 2. The maximum atomic E-state index is 15.2. The molecule has 1 saturated heterocycles. The van der Waals surface area contributed by atoms with Crippen LogP contribution in [0.1, 0.15) is 68.9 Å². The average Bonchev–Trinajstić information content (AvgIpc) is 3.20. The van der Waals surface area contributed by atoms with Crippen molar-refractivity contribution in [1.29, 1.82) is 0 Å². The number of aliphatic hydroxyl groups is 1. The summed E-state index contributed by atoms with van der Waals surface area (Å²) in [5, 5.41) is 11.4. The van der Waals surface area contributed by atoms with Gasteiger partial charge < -0.3 is 10.0 Å². The van der Waals surface area contributed by atoms with E-state index in [1.807, 2.05) is 24.3 Å². The van der Waals surface area contributed by atoms with Gasteiger partial charge in [0.2, 0.25) is 0 Å². The van der Waals surface area contributed by atoms with Crippen molar-refractivity contribution in [1.82, 2.24) is 9.80 Å². The third-order valence-electron chi connectivity index (χ3n) is 11.1. The van der Waals surface area contributed by atoms with E-state index in [9.17, 15) is 23.1 Å². The molecule has 5 atom stereocenters. The fourth-order valence-electron chi connectivity index (χ4n) is 8.83. The summed E-state index contributed by atoms with van der Waals surface area (Å²) in [4.78, 5) is 16.9. The lowest BCUT2D eigenvalue weighted by Gasteiger charge is -2.56. The minimum Gasteiger partial charge on any atom is -0.383 e. The fraction of sp³-hybridized carbons (Fsp3) is 0.656. The molecule has 224 valence electrons. The number of carbonyl (C=O) groups is 1. The fourth-order valence-corrected chi connectivity index (χ4v) is 8.83. The van der Waals surface area contributed by atoms with Crippen molar-refractivity contribution < 1.29 is 31.9 Å². The van der Waals surface area contributed by atoms with Gasteiger partial charge in [0.25, 0.3) is 0 Å². The monoisotopic (exact) mass is 578 g/mol. The number of fused-ring (bicyclic) bond motifs is 4. The molecule has 1 aliphatic heterocycles. The molecule has 4 nitrogen and oxygen atoms in total. The molecule has 0 amide bonds. The molecule has 0 unspecified atom stereocenters. The molecule has 0 aromatic heterocycles. The number of allylic oxidation sites excluding steroid dienone is 4. The van der Waals surface area contributed by atoms with Gasteiger partial charge in [-0.05, 0) is 85.8 Å². The first-order valence-corrected chi connectivity index (χ1v) is 14.9. The summed E-state index contributed by atoms with van der Waals surface area (Å²) in [6.07, 6.45) is -2.46. The van der Waals surface area contributed by atoms with Crippen LogP contribution in [0.4, 0.5) is 22.0 Å². The maximum Gasteiger partial charge on any atom is 0.456 e. The number of benzene rings is 1. The van der Waals surface area contributed by atoms with Gasteiger partial charge in [-0.25, -0.2) is 0 Å². The molecular weight excluding hydrogens is 539 g/mol. The lowest BCUT2D eigenvalue weighted by Crippen LogP contribution is -2.65. The van der Waals surface area contributed by atoms with Crippen LogP contribution in [0.15, 0.2) is 47.1 Å². The summed E-state index contributed by atoms with van der Waals surface area (Å²) in [5.74, 6) is -6.24. The van der Waals surface area contributed by atoms with E-state index in [4.69, 9.17) is 0 Å². The Morgan fingerprint density at radius 3 is 2.32 bits per heavy atom. The van der Waals surface area contributed by atoms with E-state index in [1.54, 1.807) is 6.08 Å². The van der Waals surface area contributed by atoms with Crippen LogP contribution >= 0.6 is 0 Å². The number of alkyl halides is 5. The van der Waals surface area contributed by atoms with Crippen molar-refractivity contribution in [2.24, 2.45) is 17.3 Å². The molecule has 4 aliphatic carbocycles. The van der Waals surface area contributed by atoms with Crippen LogP contribution in [0.25, 0.3) is 0 Å². The highest BCUT2D eigenvalue weighted by Gasteiger charge is 2.79. The van der Waals surface area contributed by atoms with Crippen molar-refractivity contribution in [2.45, 2.75) is 82.0 Å². The van der Waals surface area contributed by atoms with E-state index in [2.05, 4.69) is 16.8 Å². The predicted molar refractivity (Wildman–Crippen MR) is 145 cm³/mol. The zero-order valence-corrected chi connectivity index (χ0v) is 23.7. The Bertz CT molecular complexity index is 1260. The van der Waals surface area contributed by atoms with E-state index in [0.29, 0.717) is 25.7 Å². The van der Waals surface area contributed by atoms with Crippen LogP contribution in [0.5, 0.6) is 0 Å². The van der Waals surface area contributed by atoms with Gasteiger partial charge in [-0.3, -0.25) is 9.69 Å². The van der Waals surface area contributed by atoms with Gasteiger partial charge in [0.1, 0.15) is 5.60 Å². The molecule has 5 aliphatic rings.